The molecule has 0 aliphatic carbocycles. The van der Waals surface area contributed by atoms with E-state index in [9.17, 15) is 39.5 Å². The van der Waals surface area contributed by atoms with Crippen LogP contribution in [0.5, 0.6) is 5.75 Å². The second-order valence-electron chi connectivity index (χ2n) is 8.75. The van der Waals surface area contributed by atoms with Crippen LogP contribution in [0.4, 0.5) is 58.3 Å². The first-order valence-corrected chi connectivity index (χ1v) is 14.5. The first kappa shape index (κ1) is 35.1. The van der Waals surface area contributed by atoms with Crippen LogP contribution in [-0.4, -0.2) is 46.0 Å². The van der Waals surface area contributed by atoms with Crippen LogP contribution in [0.2, 0.25) is 0 Å². The largest absolute Gasteiger partial charge is 0.492 e. The highest BCUT2D eigenvalue weighted by atomic mass is 32.2. The average molecular weight is 639 g/mol. The fraction of sp³-hybridized carbons (Fsp3) is 0.652. The van der Waals surface area contributed by atoms with Gasteiger partial charge in [-0.15, -0.1) is 0 Å². The molecule has 1 aromatic heterocycles. The highest BCUT2D eigenvalue weighted by molar-refractivity contribution is 7.89. The number of unbranched alkanes of at least 4 members (excludes halogenated alkanes) is 2. The van der Waals surface area contributed by atoms with Gasteiger partial charge in [0.25, 0.3) is 15.8 Å². The molecule has 2 aromatic rings. The van der Waals surface area contributed by atoms with Crippen molar-refractivity contribution >= 4 is 33.0 Å². The normalized spacial score (nSPS) is 14.0. The second kappa shape index (κ2) is 14.9. The molecule has 0 aliphatic heterocycles. The second-order valence-corrected chi connectivity index (χ2v) is 10.4. The van der Waals surface area contributed by atoms with Gasteiger partial charge < -0.3 is 9.64 Å². The summed E-state index contributed by atoms with van der Waals surface area (Å²) in [5, 5.41) is 12.3. The van der Waals surface area contributed by atoms with E-state index in [-0.39, 0.29) is 12.4 Å². The van der Waals surface area contributed by atoms with Gasteiger partial charge in [-0.1, -0.05) is 36.2 Å². The lowest BCUT2D eigenvalue weighted by atomic mass is 10.1. The molecule has 0 saturated carbocycles. The Kier molecular flexibility index (Phi) is 12.4. The number of ether oxygens (including phenoxy) is 1. The van der Waals surface area contributed by atoms with Gasteiger partial charge in [-0.2, -0.15) is 40.2 Å². The maximum atomic E-state index is 14.0. The number of alkyl halides is 7. The fourth-order valence-corrected chi connectivity index (χ4v) is 4.24. The van der Waals surface area contributed by atoms with Crippen molar-refractivity contribution in [2.75, 3.05) is 24.6 Å². The summed E-state index contributed by atoms with van der Waals surface area (Å²) in [7, 11) is -5.24. The zero-order valence-corrected chi connectivity index (χ0v) is 24.0. The van der Waals surface area contributed by atoms with Gasteiger partial charge in [0.1, 0.15) is 17.1 Å². The SMILES string of the molecule is CCCCN(CCCC)c1cc(N=S(=O)(OF)C(F)F)c(N=Nc2n[nH]c(C(F)(F)C(F)(F)F)[n+]2CC)cc1OCC. The zero-order chi connectivity index (χ0) is 31.7. The molecule has 1 N–H and O–H groups in total. The molecular formula is C23H32F8N7O3S+. The number of rotatable bonds is 16. The predicted octanol–water partition coefficient (Wildman–Crippen LogP) is 7.73. The van der Waals surface area contributed by atoms with E-state index >= 15 is 0 Å². The van der Waals surface area contributed by atoms with Crippen molar-refractivity contribution < 1.29 is 53.2 Å². The van der Waals surface area contributed by atoms with E-state index in [4.69, 9.17) is 4.74 Å². The number of anilines is 1. The molecule has 19 heteroatoms. The van der Waals surface area contributed by atoms with Gasteiger partial charge >= 0.3 is 23.8 Å². The quantitative estimate of drug-likeness (QED) is 0.115. The lowest BCUT2D eigenvalue weighted by Gasteiger charge is -2.27. The molecule has 10 nitrogen and oxygen atoms in total. The summed E-state index contributed by atoms with van der Waals surface area (Å²) >= 11 is 0. The Bertz CT molecular complexity index is 1320. The molecule has 0 amide bonds. The summed E-state index contributed by atoms with van der Waals surface area (Å²) in [4.78, 5) is 1.86. The molecule has 1 aromatic carbocycles. The Morgan fingerprint density at radius 2 is 1.64 bits per heavy atom. The number of nitrogens with one attached hydrogen (secondary N) is 1. The number of aromatic nitrogens is 3. The average Bonchev–Trinajstić information content (AvgIpc) is 3.36. The summed E-state index contributed by atoms with van der Waals surface area (Å²) in [5.41, 5.74) is -0.743. The molecule has 0 saturated heterocycles. The van der Waals surface area contributed by atoms with Crippen molar-refractivity contribution in [1.82, 2.24) is 10.2 Å². The van der Waals surface area contributed by atoms with Crippen LogP contribution in [0.15, 0.2) is 26.7 Å². The molecule has 238 valence electrons. The van der Waals surface area contributed by atoms with E-state index in [0.717, 1.165) is 37.8 Å². The van der Waals surface area contributed by atoms with Crippen molar-refractivity contribution in [1.29, 1.82) is 0 Å². The molecule has 1 atom stereocenters. The first-order chi connectivity index (χ1) is 19.7. The summed E-state index contributed by atoms with van der Waals surface area (Å²) in [6.45, 7) is 7.48. The topological polar surface area (TPSA) is 108 Å². The Morgan fingerprint density at radius 3 is 2.12 bits per heavy atom. The van der Waals surface area contributed by atoms with Gasteiger partial charge in [0.15, 0.2) is 0 Å². The van der Waals surface area contributed by atoms with E-state index in [2.05, 4.69) is 24.1 Å². The third kappa shape index (κ3) is 8.05. The molecule has 2 rings (SSSR count). The minimum Gasteiger partial charge on any atom is -0.492 e. The standard InChI is InChI=1S/C23H31F8N7O3S/c1-5-9-11-37(12-10-6-2)17-13-16(36-42(39,41-31)20(24)25)15(14-18(17)40-8-4)32-34-21-35-33-19(38(21)7-3)22(26,27)23(28,29)30/h13-14,20H,5-12H2,1-4H3/p+1. The summed E-state index contributed by atoms with van der Waals surface area (Å²) < 4.78 is 132. The number of nitrogens with zero attached hydrogens (tertiary/aromatic N) is 6. The lowest BCUT2D eigenvalue weighted by Crippen LogP contribution is -2.47. The van der Waals surface area contributed by atoms with Crippen molar-refractivity contribution in [3.05, 3.63) is 18.0 Å². The Balaban J connectivity index is 2.82. The van der Waals surface area contributed by atoms with Crippen LogP contribution in [0.1, 0.15) is 59.2 Å². The molecule has 0 fully saturated rings. The number of H-pyrrole nitrogens is 1. The Hall–Kier alpha value is -3.09. The monoisotopic (exact) mass is 638 g/mol. The number of hydrogen-bond donors (Lipinski definition) is 1. The van der Waals surface area contributed by atoms with Crippen LogP contribution in [0.25, 0.3) is 0 Å². The minimum absolute atomic E-state index is 0.127. The third-order valence-electron chi connectivity index (χ3n) is 5.79. The summed E-state index contributed by atoms with van der Waals surface area (Å²) in [5.74, 6) is -11.4. The molecular weight excluding hydrogens is 606 g/mol. The lowest BCUT2D eigenvalue weighted by molar-refractivity contribution is -0.700. The third-order valence-corrected chi connectivity index (χ3v) is 6.87. The Morgan fingerprint density at radius 1 is 1.02 bits per heavy atom. The van der Waals surface area contributed by atoms with Crippen molar-refractivity contribution in [3.8, 4) is 5.75 Å². The van der Waals surface area contributed by atoms with Gasteiger partial charge in [0.05, 0.1) is 18.8 Å². The predicted molar refractivity (Wildman–Crippen MR) is 137 cm³/mol. The maximum absolute atomic E-state index is 14.0. The van der Waals surface area contributed by atoms with Crippen LogP contribution >= 0.6 is 0 Å². The van der Waals surface area contributed by atoms with Gasteiger partial charge in [-0.05, 0) is 37.3 Å². The summed E-state index contributed by atoms with van der Waals surface area (Å²) in [6, 6.07) is 2.32. The molecule has 0 spiro atoms. The minimum atomic E-state index is -5.96. The molecule has 0 bridgehead atoms. The van der Waals surface area contributed by atoms with Gasteiger partial charge in [0, 0.05) is 29.4 Å². The molecule has 0 aliphatic rings. The molecule has 0 radical (unpaired) electrons. The fourth-order valence-electron chi connectivity index (χ4n) is 3.66. The molecule has 1 unspecified atom stereocenters. The zero-order valence-electron chi connectivity index (χ0n) is 23.2. The molecule has 1 heterocycles. The van der Waals surface area contributed by atoms with E-state index in [1.54, 1.807) is 12.0 Å². The first-order valence-electron chi connectivity index (χ1n) is 13.0. The van der Waals surface area contributed by atoms with Crippen molar-refractivity contribution in [2.24, 2.45) is 14.6 Å². The van der Waals surface area contributed by atoms with Crippen LogP contribution in [-0.2, 0) is 26.9 Å². The highest BCUT2D eigenvalue weighted by Crippen LogP contribution is 2.44. The van der Waals surface area contributed by atoms with Crippen LogP contribution in [0, 0.1) is 0 Å². The van der Waals surface area contributed by atoms with Gasteiger partial charge in [-0.25, -0.2) is 8.78 Å². The number of azo groups is 1. The highest BCUT2D eigenvalue weighted by Gasteiger charge is 2.64. The Labute approximate surface area is 237 Å². The van der Waals surface area contributed by atoms with Gasteiger partial charge in [0.2, 0.25) is 0 Å². The number of halogens is 8. The number of hydrogen-bond acceptors (Lipinski definition) is 8. The number of benzene rings is 1. The van der Waals surface area contributed by atoms with E-state index < -0.39 is 57.6 Å². The van der Waals surface area contributed by atoms with Crippen molar-refractivity contribution in [2.45, 2.75) is 77.8 Å². The van der Waals surface area contributed by atoms with Gasteiger partial charge in [-0.3, -0.25) is 0 Å². The van der Waals surface area contributed by atoms with E-state index in [1.807, 2.05) is 18.7 Å². The molecule has 42 heavy (non-hydrogen) atoms. The van der Waals surface area contributed by atoms with E-state index in [1.165, 1.54) is 6.92 Å². The number of aromatic amines is 1. The summed E-state index contributed by atoms with van der Waals surface area (Å²) in [6.07, 6.45) is -2.89. The van der Waals surface area contributed by atoms with Crippen LogP contribution in [0.3, 0.4) is 0 Å². The van der Waals surface area contributed by atoms with E-state index in [0.29, 0.717) is 23.3 Å². The van der Waals surface area contributed by atoms with Crippen LogP contribution < -0.4 is 14.2 Å². The smallest absolute Gasteiger partial charge is 0.463 e. The van der Waals surface area contributed by atoms with Crippen molar-refractivity contribution in [3.63, 3.8) is 0 Å². The maximum Gasteiger partial charge on any atom is 0.463 e.